The Morgan fingerprint density at radius 1 is 0.905 bits per heavy atom. The number of nitrogens with one attached hydrogen (secondary N) is 1. The minimum absolute atomic E-state index is 0.0429. The van der Waals surface area contributed by atoms with Gasteiger partial charge in [-0.2, -0.15) is 0 Å². The molecule has 0 aliphatic rings. The average molecular weight is 291 g/mol. The monoisotopic (exact) mass is 291 g/mol. The normalized spacial score (nSPS) is 9.52. The highest BCUT2D eigenvalue weighted by Gasteiger charge is 2.23. The lowest BCUT2D eigenvalue weighted by Crippen LogP contribution is -2.20. The van der Waals surface area contributed by atoms with Gasteiger partial charge in [-0.1, -0.05) is 0 Å². The molecule has 0 aromatic heterocycles. The molecule has 21 heavy (non-hydrogen) atoms. The summed E-state index contributed by atoms with van der Waals surface area (Å²) in [6.07, 6.45) is 0. The van der Waals surface area contributed by atoms with Gasteiger partial charge in [0.05, 0.1) is 14.2 Å². The lowest BCUT2D eigenvalue weighted by Gasteiger charge is -2.11. The topological polar surface area (TPSA) is 81.7 Å². The van der Waals surface area contributed by atoms with E-state index < -0.39 is 11.9 Å². The number of benzene rings is 1. The fourth-order valence-electron chi connectivity index (χ4n) is 1.66. The SMILES string of the molecule is COC(=O)C(C(=O)OC)=C(C)Nc1ccc(C(C)=O)cc1. The Morgan fingerprint density at radius 3 is 1.76 bits per heavy atom. The predicted octanol–water partition coefficient (Wildman–Crippen LogP) is 1.92. The van der Waals surface area contributed by atoms with Gasteiger partial charge in [0.25, 0.3) is 0 Å². The Bertz CT molecular complexity index is 569. The number of carbonyl (C=O) groups is 3. The number of rotatable bonds is 5. The van der Waals surface area contributed by atoms with Crippen molar-refractivity contribution in [2.24, 2.45) is 0 Å². The van der Waals surface area contributed by atoms with Crippen LogP contribution in [0.25, 0.3) is 0 Å². The van der Waals surface area contributed by atoms with Crippen LogP contribution < -0.4 is 5.32 Å². The van der Waals surface area contributed by atoms with Crippen molar-refractivity contribution >= 4 is 23.4 Å². The second-order valence-corrected chi connectivity index (χ2v) is 4.24. The summed E-state index contributed by atoms with van der Waals surface area (Å²) in [5.41, 5.74) is 1.28. The van der Waals surface area contributed by atoms with E-state index in [0.29, 0.717) is 16.9 Å². The number of hydrogen-bond donors (Lipinski definition) is 1. The Morgan fingerprint density at radius 2 is 1.38 bits per heavy atom. The Kier molecular flexibility index (Phi) is 5.66. The van der Waals surface area contributed by atoms with Crippen molar-refractivity contribution in [3.8, 4) is 0 Å². The zero-order valence-electron chi connectivity index (χ0n) is 12.4. The van der Waals surface area contributed by atoms with E-state index in [1.165, 1.54) is 21.1 Å². The van der Waals surface area contributed by atoms with E-state index in [1.54, 1.807) is 31.2 Å². The van der Waals surface area contributed by atoms with Crippen molar-refractivity contribution in [1.29, 1.82) is 0 Å². The molecule has 1 N–H and O–H groups in total. The molecule has 0 saturated heterocycles. The minimum atomic E-state index is -0.785. The fraction of sp³-hybridized carbons (Fsp3) is 0.267. The summed E-state index contributed by atoms with van der Waals surface area (Å²) in [7, 11) is 2.36. The molecule has 6 heteroatoms. The molecule has 0 spiro atoms. The third-order valence-corrected chi connectivity index (χ3v) is 2.78. The van der Waals surface area contributed by atoms with E-state index in [4.69, 9.17) is 0 Å². The van der Waals surface area contributed by atoms with Crippen LogP contribution in [0.15, 0.2) is 35.5 Å². The molecule has 0 bridgehead atoms. The smallest absolute Gasteiger partial charge is 0.347 e. The molecule has 1 aromatic rings. The number of esters is 2. The van der Waals surface area contributed by atoms with E-state index in [9.17, 15) is 14.4 Å². The third kappa shape index (κ3) is 4.17. The molecule has 0 saturated carbocycles. The first-order chi connectivity index (χ1) is 9.90. The number of carbonyl (C=O) groups excluding carboxylic acids is 3. The first-order valence-electron chi connectivity index (χ1n) is 6.16. The highest BCUT2D eigenvalue weighted by Crippen LogP contribution is 2.15. The molecule has 1 aromatic carbocycles. The molecular weight excluding hydrogens is 274 g/mol. The zero-order valence-corrected chi connectivity index (χ0v) is 12.4. The van der Waals surface area contributed by atoms with E-state index in [-0.39, 0.29) is 11.4 Å². The summed E-state index contributed by atoms with van der Waals surface area (Å²) in [6, 6.07) is 6.64. The average Bonchev–Trinajstić information content (AvgIpc) is 2.47. The molecule has 0 aliphatic carbocycles. The first-order valence-corrected chi connectivity index (χ1v) is 6.16. The highest BCUT2D eigenvalue weighted by atomic mass is 16.5. The molecular formula is C15H17NO5. The standard InChI is InChI=1S/C15H17NO5/c1-9(13(14(18)20-3)15(19)21-4)16-12-7-5-11(6-8-12)10(2)17/h5-8,16H,1-4H3. The van der Waals surface area contributed by atoms with E-state index in [1.807, 2.05) is 0 Å². The van der Waals surface area contributed by atoms with Crippen LogP contribution in [0.5, 0.6) is 0 Å². The Labute approximate surface area is 122 Å². The molecule has 6 nitrogen and oxygen atoms in total. The van der Waals surface area contributed by atoms with Crippen molar-refractivity contribution in [3.05, 3.63) is 41.1 Å². The lowest BCUT2D eigenvalue weighted by atomic mass is 10.1. The molecule has 112 valence electrons. The summed E-state index contributed by atoms with van der Waals surface area (Å²) in [5, 5.41) is 2.91. The number of ketones is 1. The van der Waals surface area contributed by atoms with E-state index in [0.717, 1.165) is 0 Å². The molecule has 0 aliphatic heterocycles. The third-order valence-electron chi connectivity index (χ3n) is 2.78. The van der Waals surface area contributed by atoms with Crippen LogP contribution in [0.1, 0.15) is 24.2 Å². The molecule has 0 atom stereocenters. The van der Waals surface area contributed by atoms with Crippen molar-refractivity contribution in [2.45, 2.75) is 13.8 Å². The lowest BCUT2D eigenvalue weighted by molar-refractivity contribution is -0.144. The van der Waals surface area contributed by atoms with E-state index >= 15 is 0 Å². The van der Waals surface area contributed by atoms with Crippen LogP contribution >= 0.6 is 0 Å². The van der Waals surface area contributed by atoms with Crippen LogP contribution in [-0.4, -0.2) is 31.9 Å². The molecule has 0 amide bonds. The van der Waals surface area contributed by atoms with Gasteiger partial charge in [0.15, 0.2) is 11.4 Å². The van der Waals surface area contributed by atoms with Crippen LogP contribution in [0.2, 0.25) is 0 Å². The molecule has 0 unspecified atom stereocenters. The van der Waals surface area contributed by atoms with E-state index in [2.05, 4.69) is 14.8 Å². The van der Waals surface area contributed by atoms with Gasteiger partial charge in [0, 0.05) is 16.9 Å². The first kappa shape index (κ1) is 16.4. The van der Waals surface area contributed by atoms with Gasteiger partial charge in [-0.15, -0.1) is 0 Å². The second-order valence-electron chi connectivity index (χ2n) is 4.24. The van der Waals surface area contributed by atoms with Crippen molar-refractivity contribution in [1.82, 2.24) is 0 Å². The number of methoxy groups -OCH3 is 2. The number of allylic oxidation sites excluding steroid dienone is 1. The van der Waals surface area contributed by atoms with Crippen molar-refractivity contribution < 1.29 is 23.9 Å². The maximum Gasteiger partial charge on any atom is 0.347 e. The second kappa shape index (κ2) is 7.23. The Balaban J connectivity index is 3.06. The highest BCUT2D eigenvalue weighted by molar-refractivity contribution is 6.15. The molecule has 0 heterocycles. The maximum atomic E-state index is 11.6. The number of anilines is 1. The van der Waals surface area contributed by atoms with Gasteiger partial charge < -0.3 is 14.8 Å². The van der Waals surface area contributed by atoms with Crippen LogP contribution in [0.3, 0.4) is 0 Å². The quantitative estimate of drug-likeness (QED) is 0.293. The van der Waals surface area contributed by atoms with Gasteiger partial charge in [0.1, 0.15) is 0 Å². The minimum Gasteiger partial charge on any atom is -0.465 e. The maximum absolute atomic E-state index is 11.6. The number of ether oxygens (including phenoxy) is 2. The molecule has 0 radical (unpaired) electrons. The summed E-state index contributed by atoms with van der Waals surface area (Å²) in [4.78, 5) is 34.4. The molecule has 0 fully saturated rings. The predicted molar refractivity (Wildman–Crippen MR) is 76.8 cm³/mol. The number of Topliss-reactive ketones (excluding diaryl/α,β-unsaturated/α-hetero) is 1. The summed E-state index contributed by atoms with van der Waals surface area (Å²) >= 11 is 0. The van der Waals surface area contributed by atoms with Crippen molar-refractivity contribution in [3.63, 3.8) is 0 Å². The van der Waals surface area contributed by atoms with Gasteiger partial charge in [0.2, 0.25) is 0 Å². The van der Waals surface area contributed by atoms with Crippen LogP contribution in [0.4, 0.5) is 5.69 Å². The zero-order chi connectivity index (χ0) is 16.0. The summed E-state index contributed by atoms with van der Waals surface area (Å²) in [6.45, 7) is 3.03. The molecule has 1 rings (SSSR count). The summed E-state index contributed by atoms with van der Waals surface area (Å²) < 4.78 is 9.12. The fourth-order valence-corrected chi connectivity index (χ4v) is 1.66. The van der Waals surface area contributed by atoms with Gasteiger partial charge in [-0.05, 0) is 38.1 Å². The van der Waals surface area contributed by atoms with Crippen LogP contribution in [-0.2, 0) is 19.1 Å². The van der Waals surface area contributed by atoms with Gasteiger partial charge in [-0.25, -0.2) is 9.59 Å². The van der Waals surface area contributed by atoms with Crippen LogP contribution in [0, 0.1) is 0 Å². The summed E-state index contributed by atoms with van der Waals surface area (Å²) in [5.74, 6) is -1.61. The number of hydrogen-bond acceptors (Lipinski definition) is 6. The van der Waals surface area contributed by atoms with Crippen molar-refractivity contribution in [2.75, 3.05) is 19.5 Å². The largest absolute Gasteiger partial charge is 0.465 e. The Hall–Kier alpha value is -2.63. The van der Waals surface area contributed by atoms with Gasteiger partial charge >= 0.3 is 11.9 Å². The van der Waals surface area contributed by atoms with Gasteiger partial charge in [-0.3, -0.25) is 4.79 Å².